The maximum absolute atomic E-state index is 11.3. The third-order valence-corrected chi connectivity index (χ3v) is 9.85. The number of hydrogen-bond acceptors (Lipinski definition) is 8. The Kier molecular flexibility index (Phi) is 10.9. The first-order valence-corrected chi connectivity index (χ1v) is 16.9. The molecule has 2 heterocycles. The van der Waals surface area contributed by atoms with Crippen LogP contribution in [0.5, 0.6) is 0 Å². The topological polar surface area (TPSA) is 119 Å². The van der Waals surface area contributed by atoms with Crippen molar-refractivity contribution in [2.75, 3.05) is 23.0 Å². The summed E-state index contributed by atoms with van der Waals surface area (Å²) in [5.74, 6) is -0.722. The van der Waals surface area contributed by atoms with E-state index in [1.807, 2.05) is 45.0 Å². The Balaban J connectivity index is 0.00000420. The fraction of sp³-hybridized carbons (Fsp3) is 0.346. The van der Waals surface area contributed by atoms with Gasteiger partial charge < -0.3 is 9.45 Å². The van der Waals surface area contributed by atoms with Gasteiger partial charge >= 0.3 is 0 Å². The van der Waals surface area contributed by atoms with E-state index in [9.17, 15) is 25.9 Å². The van der Waals surface area contributed by atoms with Crippen molar-refractivity contribution >= 4 is 94.9 Å². The van der Waals surface area contributed by atoms with Crippen LogP contribution in [0.1, 0.15) is 35.9 Å². The summed E-state index contributed by atoms with van der Waals surface area (Å²) in [7, 11) is -8.33. The molecule has 3 aromatic rings. The van der Waals surface area contributed by atoms with Crippen LogP contribution in [0, 0.1) is 13.8 Å². The number of aromatic nitrogens is 1. The fourth-order valence-electron chi connectivity index (χ4n) is 4.33. The standard InChI is InChI=1S/C26H30N2O6S4.Na/c1-18-6-8-23-21(14-18)27(10-4-12-37(29,30)31)25(35-23)16-20(3)17-26-28(11-5-13-38(32,33)34)22-15-19(2)7-9-24(22)36-26;/h6-9,14-17H,4-5,10-13H2,1-3H3,(H-,29,30,31,32,33,34);. The van der Waals surface area contributed by atoms with E-state index in [0.29, 0.717) is 13.1 Å². The van der Waals surface area contributed by atoms with Crippen molar-refractivity contribution in [3.63, 3.8) is 0 Å². The van der Waals surface area contributed by atoms with E-state index in [0.717, 1.165) is 47.5 Å². The molecule has 8 nitrogen and oxygen atoms in total. The molecule has 39 heavy (non-hydrogen) atoms. The van der Waals surface area contributed by atoms with Gasteiger partial charge in [0, 0.05) is 65.3 Å². The summed E-state index contributed by atoms with van der Waals surface area (Å²) in [5.41, 5.74) is 5.15. The quantitative estimate of drug-likeness (QED) is 0.201. The predicted molar refractivity (Wildman–Crippen MR) is 159 cm³/mol. The molecule has 0 unspecified atom stereocenters. The minimum atomic E-state index is -4.29. The Morgan fingerprint density at radius 1 is 1.05 bits per heavy atom. The minimum Gasteiger partial charge on any atom is -0.748 e. The monoisotopic (exact) mass is 617 g/mol. The number of thiazole rings is 1. The van der Waals surface area contributed by atoms with Crippen molar-refractivity contribution in [2.24, 2.45) is 0 Å². The molecule has 205 valence electrons. The zero-order valence-corrected chi connectivity index (χ0v) is 27.6. The van der Waals surface area contributed by atoms with Gasteiger partial charge in [0.05, 0.1) is 26.6 Å². The van der Waals surface area contributed by atoms with Crippen LogP contribution >= 0.6 is 23.1 Å². The molecule has 1 aliphatic rings. The average molecular weight is 618 g/mol. The summed E-state index contributed by atoms with van der Waals surface area (Å²) in [4.78, 5) is 3.16. The number of rotatable bonds is 10. The maximum atomic E-state index is 11.3. The van der Waals surface area contributed by atoms with E-state index in [1.54, 1.807) is 23.1 Å². The number of nitrogens with zero attached hydrogens (tertiary/aromatic N) is 2. The Morgan fingerprint density at radius 3 is 2.44 bits per heavy atom. The maximum Gasteiger partial charge on any atom is 0.264 e. The Bertz CT molecular complexity index is 1650. The molecule has 0 atom stereocenters. The van der Waals surface area contributed by atoms with E-state index < -0.39 is 26.0 Å². The second-order valence-corrected chi connectivity index (χ2v) is 14.6. The van der Waals surface area contributed by atoms with Gasteiger partial charge in [-0.25, -0.2) is 8.42 Å². The number of allylic oxidation sites excluding steroid dienone is 2. The Labute approximate surface area is 260 Å². The van der Waals surface area contributed by atoms with Crippen LogP contribution in [0.2, 0.25) is 0 Å². The fourth-order valence-corrected chi connectivity index (χ4v) is 7.67. The molecule has 1 aromatic heterocycles. The molecule has 0 amide bonds. The second-order valence-electron chi connectivity index (χ2n) is 9.41. The van der Waals surface area contributed by atoms with Gasteiger partial charge in [0.2, 0.25) is 5.52 Å². The number of anilines is 1. The number of fused-ring (bicyclic) bond motifs is 2. The summed E-state index contributed by atoms with van der Waals surface area (Å²) in [5, 5.41) is 1.90. The minimum absolute atomic E-state index is 0. The molecule has 0 bridgehead atoms. The normalized spacial score (nSPS) is 15.2. The zero-order valence-electron chi connectivity index (χ0n) is 22.4. The SMILES string of the molecule is CC(=Cc1sc2ccc(C)cc2[n+]1CCCS(=O)(=O)[O-])C=C1Sc2ccc(C)cc2N1CCCS(=O)(=O)O.[Na]. The van der Waals surface area contributed by atoms with Crippen molar-refractivity contribution < 1.29 is 30.5 Å². The summed E-state index contributed by atoms with van der Waals surface area (Å²) in [6.45, 7) is 6.84. The number of thioether (sulfide) groups is 1. The number of hydrogen-bond donors (Lipinski definition) is 1. The van der Waals surface area contributed by atoms with Crippen LogP contribution in [-0.4, -0.2) is 73.5 Å². The van der Waals surface area contributed by atoms with Crippen LogP contribution in [0.3, 0.4) is 0 Å². The second kappa shape index (κ2) is 13.2. The molecule has 0 aliphatic carbocycles. The van der Waals surface area contributed by atoms with Crippen LogP contribution < -0.4 is 9.47 Å². The van der Waals surface area contributed by atoms with Gasteiger partial charge in [-0.05, 0) is 68.2 Å². The van der Waals surface area contributed by atoms with Crippen molar-refractivity contribution in [1.82, 2.24) is 0 Å². The molecule has 0 saturated carbocycles. The molecule has 0 fully saturated rings. The third-order valence-electron chi connectivity index (χ3n) is 6.03. The summed E-state index contributed by atoms with van der Waals surface area (Å²) < 4.78 is 68.4. The summed E-state index contributed by atoms with van der Waals surface area (Å²) in [6.07, 6.45) is 4.61. The third kappa shape index (κ3) is 8.88. The molecule has 0 saturated heterocycles. The van der Waals surface area contributed by atoms with Crippen molar-refractivity contribution in [3.8, 4) is 0 Å². The predicted octanol–water partition coefficient (Wildman–Crippen LogP) is 4.50. The van der Waals surface area contributed by atoms with E-state index in [4.69, 9.17) is 0 Å². The smallest absolute Gasteiger partial charge is 0.264 e. The van der Waals surface area contributed by atoms with Gasteiger partial charge in [-0.2, -0.15) is 13.0 Å². The van der Waals surface area contributed by atoms with Gasteiger partial charge in [-0.15, -0.1) is 0 Å². The molecular formula is C26H30N2NaO6S4. The number of aryl methyl sites for hydroxylation is 3. The van der Waals surface area contributed by atoms with Crippen molar-refractivity contribution in [1.29, 1.82) is 0 Å². The van der Waals surface area contributed by atoms with E-state index in [1.165, 1.54) is 0 Å². The van der Waals surface area contributed by atoms with Gasteiger partial charge in [-0.1, -0.05) is 35.2 Å². The van der Waals surface area contributed by atoms with Crippen molar-refractivity contribution in [3.05, 3.63) is 69.2 Å². The van der Waals surface area contributed by atoms with Gasteiger partial charge in [0.1, 0.15) is 4.70 Å². The van der Waals surface area contributed by atoms with Gasteiger partial charge in [-0.3, -0.25) is 4.55 Å². The summed E-state index contributed by atoms with van der Waals surface area (Å²) in [6, 6.07) is 12.3. The molecule has 13 heteroatoms. The molecule has 1 N–H and O–H groups in total. The summed E-state index contributed by atoms with van der Waals surface area (Å²) >= 11 is 3.21. The van der Waals surface area contributed by atoms with E-state index in [2.05, 4.69) is 33.7 Å². The van der Waals surface area contributed by atoms with E-state index >= 15 is 0 Å². The van der Waals surface area contributed by atoms with Crippen LogP contribution in [0.4, 0.5) is 5.69 Å². The zero-order chi connectivity index (χ0) is 27.7. The van der Waals surface area contributed by atoms with E-state index in [-0.39, 0.29) is 48.2 Å². The largest absolute Gasteiger partial charge is 0.748 e. The molecule has 4 rings (SSSR count). The van der Waals surface area contributed by atoms with Gasteiger partial charge in [0.15, 0.2) is 6.54 Å². The molecule has 0 spiro atoms. The van der Waals surface area contributed by atoms with Crippen LogP contribution in [0.15, 0.2) is 58.0 Å². The molecule has 2 aromatic carbocycles. The van der Waals surface area contributed by atoms with Crippen LogP contribution in [-0.2, 0) is 26.8 Å². The Hall–Kier alpha value is -1.22. The molecule has 1 radical (unpaired) electrons. The van der Waals surface area contributed by atoms with Crippen LogP contribution in [0.25, 0.3) is 16.3 Å². The molecule has 1 aliphatic heterocycles. The first-order valence-electron chi connectivity index (χ1n) is 12.1. The number of benzene rings is 2. The molecular weight excluding hydrogens is 588 g/mol. The first-order chi connectivity index (χ1) is 17.8. The first kappa shape index (κ1) is 32.3. The van der Waals surface area contributed by atoms with Crippen molar-refractivity contribution in [2.45, 2.75) is 45.1 Å². The Morgan fingerprint density at radius 2 is 1.74 bits per heavy atom. The van der Waals surface area contributed by atoms with Gasteiger partial charge in [0.25, 0.3) is 15.1 Å². The average Bonchev–Trinajstić information content (AvgIpc) is 3.29.